The average molecular weight is 370 g/mol. The van der Waals surface area contributed by atoms with E-state index in [1.807, 2.05) is 37.3 Å². The Labute approximate surface area is 124 Å². The second-order valence-corrected chi connectivity index (χ2v) is 6.13. The van der Waals surface area contributed by atoms with Crippen LogP contribution < -0.4 is 0 Å². The Morgan fingerprint density at radius 1 is 1.00 bits per heavy atom. The summed E-state index contributed by atoms with van der Waals surface area (Å²) in [6.07, 6.45) is -0.614. The van der Waals surface area contributed by atoms with E-state index >= 15 is 0 Å². The quantitative estimate of drug-likeness (QED) is 0.797. The van der Waals surface area contributed by atoms with E-state index in [0.717, 1.165) is 25.6 Å². The summed E-state index contributed by atoms with van der Waals surface area (Å²) in [6.45, 7) is 4.10. The molecule has 0 saturated carbocycles. The molecule has 0 aliphatic carbocycles. The number of aliphatic hydroxyl groups excluding tert-OH is 1. The maximum Gasteiger partial charge on any atom is 0.105 e. The predicted molar refractivity (Wildman–Crippen MR) is 81.8 cm³/mol. The van der Waals surface area contributed by atoms with Crippen molar-refractivity contribution < 1.29 is 5.11 Å². The number of aliphatic hydroxyl groups is 1. The molecule has 1 atom stereocenters. The molecule has 0 spiro atoms. The van der Waals surface area contributed by atoms with Gasteiger partial charge in [0.15, 0.2) is 0 Å². The van der Waals surface area contributed by atoms with E-state index in [1.54, 1.807) is 0 Å². The Kier molecular flexibility index (Phi) is 4.25. The van der Waals surface area contributed by atoms with Crippen molar-refractivity contribution in [3.8, 4) is 0 Å². The first kappa shape index (κ1) is 13.8. The first-order valence-electron chi connectivity index (χ1n) is 5.70. The van der Waals surface area contributed by atoms with Crippen molar-refractivity contribution >= 4 is 31.9 Å². The molecule has 0 aliphatic rings. The lowest BCUT2D eigenvalue weighted by Crippen LogP contribution is -2.04. The van der Waals surface area contributed by atoms with E-state index in [0.29, 0.717) is 0 Å². The van der Waals surface area contributed by atoms with Crippen LogP contribution in [0.5, 0.6) is 0 Å². The van der Waals surface area contributed by atoms with Gasteiger partial charge in [-0.25, -0.2) is 0 Å². The zero-order valence-electron chi connectivity index (χ0n) is 10.2. The van der Waals surface area contributed by atoms with E-state index in [9.17, 15) is 5.11 Å². The first-order valence-corrected chi connectivity index (χ1v) is 7.28. The lowest BCUT2D eigenvalue weighted by molar-refractivity contribution is 0.218. The molecule has 2 rings (SSSR count). The van der Waals surface area contributed by atoms with Gasteiger partial charge in [-0.15, -0.1) is 0 Å². The van der Waals surface area contributed by atoms with Gasteiger partial charge in [0.05, 0.1) is 0 Å². The zero-order chi connectivity index (χ0) is 13.3. The molecule has 2 aromatic carbocycles. The van der Waals surface area contributed by atoms with Gasteiger partial charge in [0.25, 0.3) is 0 Å². The Hall–Kier alpha value is -0.640. The minimum Gasteiger partial charge on any atom is -0.384 e. The van der Waals surface area contributed by atoms with Crippen molar-refractivity contribution in [1.82, 2.24) is 0 Å². The fourth-order valence-electron chi connectivity index (χ4n) is 1.96. The summed E-state index contributed by atoms with van der Waals surface area (Å²) in [6, 6.07) is 11.8. The Morgan fingerprint density at radius 3 is 2.44 bits per heavy atom. The van der Waals surface area contributed by atoms with Gasteiger partial charge in [0.1, 0.15) is 6.10 Å². The number of halogens is 2. The molecule has 2 aromatic rings. The molecule has 1 N–H and O–H groups in total. The highest BCUT2D eigenvalue weighted by Crippen LogP contribution is 2.32. The van der Waals surface area contributed by atoms with E-state index in [2.05, 4.69) is 44.8 Å². The molecule has 18 heavy (non-hydrogen) atoms. The summed E-state index contributed by atoms with van der Waals surface area (Å²) in [7, 11) is 0. The monoisotopic (exact) mass is 368 g/mol. The second-order valence-electron chi connectivity index (χ2n) is 4.36. The van der Waals surface area contributed by atoms with Gasteiger partial charge in [-0.3, -0.25) is 0 Å². The first-order chi connectivity index (χ1) is 8.50. The highest BCUT2D eigenvalue weighted by atomic mass is 79.9. The summed E-state index contributed by atoms with van der Waals surface area (Å²) >= 11 is 6.93. The molecule has 0 aromatic heterocycles. The number of rotatable bonds is 2. The molecule has 3 heteroatoms. The molecule has 1 nitrogen and oxygen atoms in total. The summed E-state index contributed by atoms with van der Waals surface area (Å²) in [5.74, 6) is 0. The van der Waals surface area contributed by atoms with Crippen LogP contribution >= 0.6 is 31.9 Å². The molecule has 0 saturated heterocycles. The number of hydrogen-bond donors (Lipinski definition) is 1. The van der Waals surface area contributed by atoms with Crippen LogP contribution in [0.15, 0.2) is 45.3 Å². The standard InChI is InChI=1S/C15H14Br2O/c1-9-4-3-5-12(10(9)2)15(18)13-8-11(16)6-7-14(13)17/h3-8,15,18H,1-2H3. The van der Waals surface area contributed by atoms with Crippen LogP contribution in [0.4, 0.5) is 0 Å². The number of hydrogen-bond acceptors (Lipinski definition) is 1. The van der Waals surface area contributed by atoms with Gasteiger partial charge in [-0.1, -0.05) is 50.1 Å². The van der Waals surface area contributed by atoms with Gasteiger partial charge in [-0.2, -0.15) is 0 Å². The highest BCUT2D eigenvalue weighted by molar-refractivity contribution is 9.11. The maximum atomic E-state index is 10.6. The summed E-state index contributed by atoms with van der Waals surface area (Å²) in [4.78, 5) is 0. The SMILES string of the molecule is Cc1cccc(C(O)c2cc(Br)ccc2Br)c1C. The fraction of sp³-hybridized carbons (Fsp3) is 0.200. The third-order valence-corrected chi connectivity index (χ3v) is 4.41. The minimum absolute atomic E-state index is 0.614. The fourth-order valence-corrected chi connectivity index (χ4v) is 2.80. The van der Waals surface area contributed by atoms with Crippen LogP contribution in [0, 0.1) is 13.8 Å². The molecule has 0 bridgehead atoms. The van der Waals surface area contributed by atoms with Gasteiger partial charge < -0.3 is 5.11 Å². The van der Waals surface area contributed by atoms with Gasteiger partial charge in [0.2, 0.25) is 0 Å². The predicted octanol–water partition coefficient (Wildman–Crippen LogP) is 4.91. The van der Waals surface area contributed by atoms with Crippen molar-refractivity contribution in [3.63, 3.8) is 0 Å². The van der Waals surface area contributed by atoms with Crippen molar-refractivity contribution in [2.45, 2.75) is 20.0 Å². The highest BCUT2D eigenvalue weighted by Gasteiger charge is 2.16. The summed E-state index contributed by atoms with van der Waals surface area (Å²) in [5.41, 5.74) is 4.15. The van der Waals surface area contributed by atoms with Crippen molar-refractivity contribution in [2.75, 3.05) is 0 Å². The number of aryl methyl sites for hydroxylation is 1. The van der Waals surface area contributed by atoms with Crippen molar-refractivity contribution in [1.29, 1.82) is 0 Å². The Morgan fingerprint density at radius 2 is 1.72 bits per heavy atom. The Balaban J connectivity index is 2.51. The van der Waals surface area contributed by atoms with Crippen LogP contribution in [-0.2, 0) is 0 Å². The van der Waals surface area contributed by atoms with Crippen LogP contribution in [0.25, 0.3) is 0 Å². The van der Waals surface area contributed by atoms with E-state index in [-0.39, 0.29) is 0 Å². The lowest BCUT2D eigenvalue weighted by atomic mass is 9.95. The second kappa shape index (κ2) is 5.55. The largest absolute Gasteiger partial charge is 0.384 e. The molecular formula is C15H14Br2O. The van der Waals surface area contributed by atoms with Crippen molar-refractivity contribution in [3.05, 3.63) is 67.6 Å². The number of benzene rings is 2. The molecule has 0 heterocycles. The molecule has 0 aliphatic heterocycles. The lowest BCUT2D eigenvalue weighted by Gasteiger charge is -2.17. The van der Waals surface area contributed by atoms with Crippen LogP contribution in [0.3, 0.4) is 0 Å². The smallest absolute Gasteiger partial charge is 0.105 e. The normalized spacial score (nSPS) is 12.5. The molecule has 0 fully saturated rings. The molecule has 0 amide bonds. The van der Waals surface area contributed by atoms with Gasteiger partial charge in [-0.05, 0) is 48.7 Å². The molecule has 94 valence electrons. The maximum absolute atomic E-state index is 10.6. The van der Waals surface area contributed by atoms with Gasteiger partial charge >= 0.3 is 0 Å². The molecule has 0 radical (unpaired) electrons. The topological polar surface area (TPSA) is 20.2 Å². The van der Waals surface area contributed by atoms with Gasteiger partial charge in [0, 0.05) is 14.5 Å². The zero-order valence-corrected chi connectivity index (χ0v) is 13.4. The van der Waals surface area contributed by atoms with Crippen LogP contribution in [0.1, 0.15) is 28.4 Å². The summed E-state index contributed by atoms with van der Waals surface area (Å²) in [5, 5.41) is 10.6. The van der Waals surface area contributed by atoms with E-state index in [4.69, 9.17) is 0 Å². The third-order valence-electron chi connectivity index (χ3n) is 3.19. The van der Waals surface area contributed by atoms with Crippen LogP contribution in [0.2, 0.25) is 0 Å². The van der Waals surface area contributed by atoms with E-state index in [1.165, 1.54) is 5.56 Å². The molecule has 1 unspecified atom stereocenters. The van der Waals surface area contributed by atoms with Crippen molar-refractivity contribution in [2.24, 2.45) is 0 Å². The third kappa shape index (κ3) is 2.68. The van der Waals surface area contributed by atoms with E-state index < -0.39 is 6.10 Å². The average Bonchev–Trinajstić information content (AvgIpc) is 2.35. The minimum atomic E-state index is -0.614. The summed E-state index contributed by atoms with van der Waals surface area (Å²) < 4.78 is 1.88. The Bertz CT molecular complexity index is 577. The van der Waals surface area contributed by atoms with Crippen LogP contribution in [-0.4, -0.2) is 5.11 Å². The molecular weight excluding hydrogens is 356 g/mol.